The smallest absolute Gasteiger partial charge is 0.278 e. The Labute approximate surface area is 142 Å². The third-order valence-electron chi connectivity index (χ3n) is 4.43. The number of benzene rings is 1. The van der Waals surface area contributed by atoms with Crippen LogP contribution in [0.4, 0.5) is 4.39 Å². The van der Waals surface area contributed by atoms with Crippen LogP contribution < -0.4 is 10.2 Å². The number of nitrogens with one attached hydrogen (secondary N) is 2. The molecule has 2 amide bonds. The van der Waals surface area contributed by atoms with E-state index in [0.717, 1.165) is 18.7 Å². The number of likely N-dealkylation sites (N-methyl/N-ethyl adjacent to an activating group) is 1. The summed E-state index contributed by atoms with van der Waals surface area (Å²) in [5.41, 5.74) is 0.830. The average molecular weight is 336 g/mol. The number of carbonyl (C=O) groups is 2. The third-order valence-corrected chi connectivity index (χ3v) is 4.43. The number of carbonyl (C=O) groups excluding carboxylic acids is 2. The van der Waals surface area contributed by atoms with Crippen molar-refractivity contribution in [2.75, 3.05) is 32.7 Å². The summed E-state index contributed by atoms with van der Waals surface area (Å²) < 4.78 is 12.9. The van der Waals surface area contributed by atoms with Crippen LogP contribution in [0, 0.1) is 5.82 Å². The number of halogens is 1. The van der Waals surface area contributed by atoms with Crippen LogP contribution in [0.2, 0.25) is 0 Å². The van der Waals surface area contributed by atoms with Crippen molar-refractivity contribution in [3.63, 3.8) is 0 Å². The standard InChI is InChI=1S/C18H26FN3O2/c1-2-22(18(24)14-21-10-4-3-5-11-21)13-17(23)20-12-15-6-8-16(19)9-7-15/h6-9H,2-5,10-14H2,1H3,(H,20,23)/p+1. The molecule has 1 aromatic carbocycles. The molecule has 24 heavy (non-hydrogen) atoms. The van der Waals surface area contributed by atoms with Gasteiger partial charge in [0, 0.05) is 13.1 Å². The van der Waals surface area contributed by atoms with Crippen LogP contribution in [-0.4, -0.2) is 49.4 Å². The highest BCUT2D eigenvalue weighted by molar-refractivity contribution is 5.85. The second-order valence-electron chi connectivity index (χ2n) is 6.30. The Morgan fingerprint density at radius 2 is 1.83 bits per heavy atom. The molecule has 132 valence electrons. The van der Waals surface area contributed by atoms with Gasteiger partial charge >= 0.3 is 0 Å². The molecule has 0 bridgehead atoms. The maximum absolute atomic E-state index is 12.9. The fourth-order valence-electron chi connectivity index (χ4n) is 2.96. The summed E-state index contributed by atoms with van der Waals surface area (Å²) >= 11 is 0. The normalized spacial score (nSPS) is 15.1. The summed E-state index contributed by atoms with van der Waals surface area (Å²) in [6.07, 6.45) is 3.60. The first-order valence-electron chi connectivity index (χ1n) is 8.71. The molecule has 0 atom stereocenters. The van der Waals surface area contributed by atoms with Gasteiger partial charge in [-0.25, -0.2) is 4.39 Å². The van der Waals surface area contributed by atoms with Gasteiger partial charge in [0.05, 0.1) is 19.6 Å². The van der Waals surface area contributed by atoms with Gasteiger partial charge in [-0.15, -0.1) is 0 Å². The van der Waals surface area contributed by atoms with E-state index >= 15 is 0 Å². The van der Waals surface area contributed by atoms with Gasteiger partial charge < -0.3 is 15.1 Å². The van der Waals surface area contributed by atoms with Crippen LogP contribution in [0.3, 0.4) is 0 Å². The van der Waals surface area contributed by atoms with Crippen LogP contribution in [0.15, 0.2) is 24.3 Å². The second kappa shape index (κ2) is 9.37. The first-order chi connectivity index (χ1) is 11.6. The maximum atomic E-state index is 12.9. The minimum Gasteiger partial charge on any atom is -0.350 e. The number of likely N-dealkylation sites (tertiary alicyclic amines) is 1. The Morgan fingerprint density at radius 1 is 1.17 bits per heavy atom. The lowest BCUT2D eigenvalue weighted by Crippen LogP contribution is -3.13. The Hall–Kier alpha value is -1.95. The fraction of sp³-hybridized carbons (Fsp3) is 0.556. The molecule has 6 heteroatoms. The Bertz CT molecular complexity index is 542. The van der Waals surface area contributed by atoms with Crippen LogP contribution in [0.25, 0.3) is 0 Å². The van der Waals surface area contributed by atoms with E-state index in [4.69, 9.17) is 0 Å². The first kappa shape index (κ1) is 18.4. The van der Waals surface area contributed by atoms with Gasteiger partial charge in [-0.1, -0.05) is 12.1 Å². The van der Waals surface area contributed by atoms with E-state index in [-0.39, 0.29) is 24.2 Å². The van der Waals surface area contributed by atoms with Crippen molar-refractivity contribution >= 4 is 11.8 Å². The lowest BCUT2D eigenvalue weighted by molar-refractivity contribution is -0.897. The zero-order chi connectivity index (χ0) is 17.4. The molecule has 0 aromatic heterocycles. The highest BCUT2D eigenvalue weighted by Gasteiger charge is 2.22. The molecule has 1 aliphatic heterocycles. The van der Waals surface area contributed by atoms with E-state index in [1.165, 1.54) is 36.3 Å². The van der Waals surface area contributed by atoms with Crippen LogP contribution in [-0.2, 0) is 16.1 Å². The first-order valence-corrected chi connectivity index (χ1v) is 8.71. The molecule has 0 unspecified atom stereocenters. The molecule has 1 fully saturated rings. The van der Waals surface area contributed by atoms with Gasteiger partial charge in [0.15, 0.2) is 6.54 Å². The molecule has 1 aliphatic rings. The number of rotatable bonds is 7. The molecule has 2 N–H and O–H groups in total. The van der Waals surface area contributed by atoms with E-state index in [2.05, 4.69) is 5.32 Å². The molecule has 1 saturated heterocycles. The van der Waals surface area contributed by atoms with Crippen molar-refractivity contribution < 1.29 is 18.9 Å². The van der Waals surface area contributed by atoms with Crippen molar-refractivity contribution in [2.24, 2.45) is 0 Å². The number of hydrogen-bond acceptors (Lipinski definition) is 2. The number of nitrogens with zero attached hydrogens (tertiary/aromatic N) is 1. The topological polar surface area (TPSA) is 53.9 Å². The average Bonchev–Trinajstić information content (AvgIpc) is 2.60. The molecule has 0 radical (unpaired) electrons. The van der Waals surface area contributed by atoms with Crippen molar-refractivity contribution in [2.45, 2.75) is 32.7 Å². The molecule has 2 rings (SSSR count). The van der Waals surface area contributed by atoms with Gasteiger partial charge in [-0.05, 0) is 43.9 Å². The number of hydrogen-bond donors (Lipinski definition) is 2. The lowest BCUT2D eigenvalue weighted by atomic mass is 10.1. The van der Waals surface area contributed by atoms with Gasteiger partial charge in [0.2, 0.25) is 5.91 Å². The largest absolute Gasteiger partial charge is 0.350 e. The monoisotopic (exact) mass is 336 g/mol. The summed E-state index contributed by atoms with van der Waals surface area (Å²) in [5.74, 6) is -0.456. The Morgan fingerprint density at radius 3 is 2.46 bits per heavy atom. The SMILES string of the molecule is CCN(CC(=O)NCc1ccc(F)cc1)C(=O)C[NH+]1CCCCC1. The molecule has 0 saturated carbocycles. The van der Waals surface area contributed by atoms with Crippen molar-refractivity contribution in [1.82, 2.24) is 10.2 Å². The predicted molar refractivity (Wildman–Crippen MR) is 89.9 cm³/mol. The molecule has 1 heterocycles. The Kier molecular flexibility index (Phi) is 7.18. The number of amides is 2. The van der Waals surface area contributed by atoms with Gasteiger partial charge in [0.25, 0.3) is 5.91 Å². The summed E-state index contributed by atoms with van der Waals surface area (Å²) in [6.45, 7) is 5.37. The Balaban J connectivity index is 1.76. The minimum atomic E-state index is -0.298. The highest BCUT2D eigenvalue weighted by atomic mass is 19.1. The number of quaternary nitrogens is 1. The van der Waals surface area contributed by atoms with E-state index < -0.39 is 0 Å². The second-order valence-corrected chi connectivity index (χ2v) is 6.30. The van der Waals surface area contributed by atoms with Crippen molar-refractivity contribution in [3.8, 4) is 0 Å². The fourth-order valence-corrected chi connectivity index (χ4v) is 2.96. The quantitative estimate of drug-likeness (QED) is 0.755. The lowest BCUT2D eigenvalue weighted by Gasteiger charge is -2.26. The third kappa shape index (κ3) is 5.92. The molecule has 5 nitrogen and oxygen atoms in total. The zero-order valence-electron chi connectivity index (χ0n) is 14.3. The molecular weight excluding hydrogens is 309 g/mol. The minimum absolute atomic E-state index is 0.0336. The zero-order valence-corrected chi connectivity index (χ0v) is 14.3. The van der Waals surface area contributed by atoms with Crippen molar-refractivity contribution in [3.05, 3.63) is 35.6 Å². The summed E-state index contributed by atoms with van der Waals surface area (Å²) in [6, 6.07) is 6.01. The number of piperidine rings is 1. The maximum Gasteiger partial charge on any atom is 0.278 e. The molecular formula is C18H27FN3O2+. The van der Waals surface area contributed by atoms with Gasteiger partial charge in [0.1, 0.15) is 5.82 Å². The molecule has 1 aromatic rings. The van der Waals surface area contributed by atoms with Gasteiger partial charge in [-0.2, -0.15) is 0 Å². The van der Waals surface area contributed by atoms with E-state index in [0.29, 0.717) is 19.6 Å². The van der Waals surface area contributed by atoms with Crippen LogP contribution in [0.5, 0.6) is 0 Å². The molecule has 0 aliphatic carbocycles. The highest BCUT2D eigenvalue weighted by Crippen LogP contribution is 2.02. The van der Waals surface area contributed by atoms with E-state index in [1.807, 2.05) is 6.92 Å². The predicted octanol–water partition coefficient (Wildman–Crippen LogP) is 0.359. The van der Waals surface area contributed by atoms with E-state index in [9.17, 15) is 14.0 Å². The van der Waals surface area contributed by atoms with Gasteiger partial charge in [-0.3, -0.25) is 9.59 Å². The summed E-state index contributed by atoms with van der Waals surface area (Å²) in [4.78, 5) is 27.4. The summed E-state index contributed by atoms with van der Waals surface area (Å²) in [5, 5.41) is 2.78. The van der Waals surface area contributed by atoms with Crippen LogP contribution in [0.1, 0.15) is 31.7 Å². The summed E-state index contributed by atoms with van der Waals surface area (Å²) in [7, 11) is 0. The van der Waals surface area contributed by atoms with Crippen LogP contribution >= 0.6 is 0 Å². The van der Waals surface area contributed by atoms with Crippen molar-refractivity contribution in [1.29, 1.82) is 0 Å². The molecule has 0 spiro atoms. The van der Waals surface area contributed by atoms with E-state index in [1.54, 1.807) is 17.0 Å².